The highest BCUT2D eigenvalue weighted by Crippen LogP contribution is 2.34. The Balaban J connectivity index is 1.66. The molecule has 0 aliphatic carbocycles. The number of benzene rings is 1. The standard InChI is InChI=1S/C12H10N4O3/c17-12(16-11-13-4-1-5-14-11)15-8-2-3-9-10(6-8)19-7-18-9/h1-6H,7H2,(H2,13,14,15,16,17). The summed E-state index contributed by atoms with van der Waals surface area (Å²) in [6.45, 7) is 0.197. The maximum atomic E-state index is 11.7. The molecule has 1 aromatic carbocycles. The van der Waals surface area contributed by atoms with Crippen LogP contribution in [0.2, 0.25) is 0 Å². The minimum atomic E-state index is -0.426. The van der Waals surface area contributed by atoms with Crippen LogP contribution < -0.4 is 20.1 Å². The van der Waals surface area contributed by atoms with E-state index in [9.17, 15) is 4.79 Å². The monoisotopic (exact) mass is 258 g/mol. The van der Waals surface area contributed by atoms with E-state index in [1.807, 2.05) is 0 Å². The lowest BCUT2D eigenvalue weighted by atomic mass is 10.3. The molecule has 0 saturated carbocycles. The minimum absolute atomic E-state index is 0.197. The SMILES string of the molecule is O=C(Nc1ccc2c(c1)OCO2)Nc1ncccn1. The molecular weight excluding hydrogens is 248 g/mol. The first-order valence-electron chi connectivity index (χ1n) is 5.56. The fraction of sp³-hybridized carbons (Fsp3) is 0.0833. The van der Waals surface area contributed by atoms with E-state index in [0.717, 1.165) is 0 Å². The molecule has 2 N–H and O–H groups in total. The highest BCUT2D eigenvalue weighted by molar-refractivity contribution is 5.98. The molecule has 3 rings (SSSR count). The van der Waals surface area contributed by atoms with E-state index in [0.29, 0.717) is 17.2 Å². The number of urea groups is 1. The number of fused-ring (bicyclic) bond motifs is 1. The van der Waals surface area contributed by atoms with Crippen molar-refractivity contribution in [2.45, 2.75) is 0 Å². The average Bonchev–Trinajstić information content (AvgIpc) is 2.87. The smallest absolute Gasteiger partial charge is 0.326 e. The minimum Gasteiger partial charge on any atom is -0.454 e. The summed E-state index contributed by atoms with van der Waals surface area (Å²) in [5.74, 6) is 1.51. The summed E-state index contributed by atoms with van der Waals surface area (Å²) < 4.78 is 10.4. The Bertz CT molecular complexity index is 603. The van der Waals surface area contributed by atoms with Crippen molar-refractivity contribution in [3.63, 3.8) is 0 Å². The van der Waals surface area contributed by atoms with Gasteiger partial charge in [0.2, 0.25) is 12.7 Å². The molecule has 2 aromatic rings. The second-order valence-corrected chi connectivity index (χ2v) is 3.72. The van der Waals surface area contributed by atoms with Gasteiger partial charge in [0, 0.05) is 24.1 Å². The van der Waals surface area contributed by atoms with Gasteiger partial charge in [-0.25, -0.2) is 14.8 Å². The number of hydrogen-bond acceptors (Lipinski definition) is 5. The van der Waals surface area contributed by atoms with Gasteiger partial charge in [-0.05, 0) is 18.2 Å². The summed E-state index contributed by atoms with van der Waals surface area (Å²) in [7, 11) is 0. The van der Waals surface area contributed by atoms with E-state index in [4.69, 9.17) is 9.47 Å². The van der Waals surface area contributed by atoms with E-state index in [1.165, 1.54) is 0 Å². The fourth-order valence-electron chi connectivity index (χ4n) is 1.60. The Labute approximate surface area is 108 Å². The molecule has 96 valence electrons. The van der Waals surface area contributed by atoms with Gasteiger partial charge in [-0.15, -0.1) is 0 Å². The maximum absolute atomic E-state index is 11.7. The molecule has 2 amide bonds. The Morgan fingerprint density at radius 1 is 1.11 bits per heavy atom. The summed E-state index contributed by atoms with van der Waals surface area (Å²) >= 11 is 0. The molecule has 0 fully saturated rings. The second kappa shape index (κ2) is 4.81. The Hall–Kier alpha value is -2.83. The van der Waals surface area contributed by atoms with Crippen molar-refractivity contribution in [2.75, 3.05) is 17.4 Å². The molecule has 1 aliphatic heterocycles. The number of anilines is 2. The van der Waals surface area contributed by atoms with Crippen molar-refractivity contribution in [2.24, 2.45) is 0 Å². The van der Waals surface area contributed by atoms with Crippen molar-refractivity contribution in [3.8, 4) is 11.5 Å². The van der Waals surface area contributed by atoms with Gasteiger partial charge < -0.3 is 14.8 Å². The third-order valence-electron chi connectivity index (χ3n) is 2.42. The molecule has 0 radical (unpaired) electrons. The van der Waals surface area contributed by atoms with E-state index < -0.39 is 6.03 Å². The van der Waals surface area contributed by atoms with E-state index in [-0.39, 0.29) is 12.7 Å². The lowest BCUT2D eigenvalue weighted by Crippen LogP contribution is -2.20. The Kier molecular flexibility index (Phi) is 2.85. The van der Waals surface area contributed by atoms with Gasteiger partial charge in [0.25, 0.3) is 0 Å². The van der Waals surface area contributed by atoms with E-state index >= 15 is 0 Å². The fourth-order valence-corrected chi connectivity index (χ4v) is 1.60. The molecule has 0 unspecified atom stereocenters. The van der Waals surface area contributed by atoms with Crippen LogP contribution >= 0.6 is 0 Å². The average molecular weight is 258 g/mol. The summed E-state index contributed by atoms with van der Waals surface area (Å²) in [6.07, 6.45) is 3.09. The maximum Gasteiger partial charge on any atom is 0.326 e. The molecule has 1 aromatic heterocycles. The summed E-state index contributed by atoms with van der Waals surface area (Å²) in [5.41, 5.74) is 0.595. The number of carbonyl (C=O) groups is 1. The second-order valence-electron chi connectivity index (χ2n) is 3.72. The first kappa shape index (κ1) is 11.3. The van der Waals surface area contributed by atoms with Crippen molar-refractivity contribution in [1.29, 1.82) is 0 Å². The summed E-state index contributed by atoms with van der Waals surface area (Å²) in [4.78, 5) is 19.5. The molecular formula is C12H10N4O3. The first-order chi connectivity index (χ1) is 9.31. The molecule has 0 spiro atoms. The van der Waals surface area contributed by atoms with Crippen LogP contribution in [0.4, 0.5) is 16.4 Å². The van der Waals surface area contributed by atoms with E-state index in [2.05, 4.69) is 20.6 Å². The Morgan fingerprint density at radius 2 is 1.89 bits per heavy atom. The molecule has 0 saturated heterocycles. The van der Waals surface area contributed by atoms with Crippen LogP contribution in [-0.4, -0.2) is 22.8 Å². The summed E-state index contributed by atoms with van der Waals surface area (Å²) in [5, 5.41) is 5.17. The van der Waals surface area contributed by atoms with Crippen LogP contribution in [0.1, 0.15) is 0 Å². The van der Waals surface area contributed by atoms with Gasteiger partial charge in [0.15, 0.2) is 11.5 Å². The zero-order valence-corrected chi connectivity index (χ0v) is 9.79. The normalized spacial score (nSPS) is 12.0. The molecule has 1 aliphatic rings. The van der Waals surface area contributed by atoms with Crippen LogP contribution in [-0.2, 0) is 0 Å². The van der Waals surface area contributed by atoms with Crippen LogP contribution in [0, 0.1) is 0 Å². The van der Waals surface area contributed by atoms with Crippen molar-refractivity contribution in [1.82, 2.24) is 9.97 Å². The predicted octanol–water partition coefficient (Wildman–Crippen LogP) is 1.85. The Morgan fingerprint density at radius 3 is 2.74 bits per heavy atom. The van der Waals surface area contributed by atoms with Gasteiger partial charge in [0.1, 0.15) is 0 Å². The number of aromatic nitrogens is 2. The molecule has 19 heavy (non-hydrogen) atoms. The number of hydrogen-bond donors (Lipinski definition) is 2. The number of carbonyl (C=O) groups excluding carboxylic acids is 1. The van der Waals surface area contributed by atoms with Gasteiger partial charge in [-0.2, -0.15) is 0 Å². The number of nitrogens with one attached hydrogen (secondary N) is 2. The van der Waals surface area contributed by atoms with Crippen LogP contribution in [0.5, 0.6) is 11.5 Å². The number of amides is 2. The lowest BCUT2D eigenvalue weighted by Gasteiger charge is -2.06. The zero-order valence-electron chi connectivity index (χ0n) is 9.79. The number of ether oxygens (including phenoxy) is 2. The summed E-state index contributed by atoms with van der Waals surface area (Å²) in [6, 6.07) is 6.38. The molecule has 0 atom stereocenters. The van der Waals surface area contributed by atoms with Crippen molar-refractivity contribution in [3.05, 3.63) is 36.7 Å². The number of nitrogens with zero attached hydrogens (tertiary/aromatic N) is 2. The van der Waals surface area contributed by atoms with Gasteiger partial charge >= 0.3 is 6.03 Å². The van der Waals surface area contributed by atoms with Gasteiger partial charge in [0.05, 0.1) is 0 Å². The van der Waals surface area contributed by atoms with Gasteiger partial charge in [-0.3, -0.25) is 5.32 Å². The molecule has 7 nitrogen and oxygen atoms in total. The predicted molar refractivity (Wildman–Crippen MR) is 67.2 cm³/mol. The van der Waals surface area contributed by atoms with Crippen LogP contribution in [0.15, 0.2) is 36.7 Å². The molecule has 7 heteroatoms. The third kappa shape index (κ3) is 2.54. The third-order valence-corrected chi connectivity index (χ3v) is 2.42. The molecule has 0 bridgehead atoms. The highest BCUT2D eigenvalue weighted by Gasteiger charge is 2.14. The topological polar surface area (TPSA) is 85.4 Å². The van der Waals surface area contributed by atoms with E-state index in [1.54, 1.807) is 36.7 Å². The quantitative estimate of drug-likeness (QED) is 0.858. The number of rotatable bonds is 2. The van der Waals surface area contributed by atoms with Crippen molar-refractivity contribution >= 4 is 17.7 Å². The van der Waals surface area contributed by atoms with Crippen LogP contribution in [0.25, 0.3) is 0 Å². The van der Waals surface area contributed by atoms with Crippen LogP contribution in [0.3, 0.4) is 0 Å². The lowest BCUT2D eigenvalue weighted by molar-refractivity contribution is 0.174. The zero-order chi connectivity index (χ0) is 13.1. The van der Waals surface area contributed by atoms with Crippen molar-refractivity contribution < 1.29 is 14.3 Å². The largest absolute Gasteiger partial charge is 0.454 e. The first-order valence-corrected chi connectivity index (χ1v) is 5.56. The molecule has 2 heterocycles. The van der Waals surface area contributed by atoms with Gasteiger partial charge in [-0.1, -0.05) is 0 Å². The highest BCUT2D eigenvalue weighted by atomic mass is 16.7.